The Morgan fingerprint density at radius 3 is 2.48 bits per heavy atom. The second-order valence-electron chi connectivity index (χ2n) is 6.72. The van der Waals surface area contributed by atoms with Crippen LogP contribution in [0.3, 0.4) is 0 Å². The molecule has 0 spiro atoms. The fourth-order valence-electron chi connectivity index (χ4n) is 4.02. The van der Waals surface area contributed by atoms with E-state index in [0.717, 1.165) is 13.1 Å². The third kappa shape index (κ3) is 2.73. The van der Waals surface area contributed by atoms with Crippen LogP contribution in [-0.2, 0) is 4.74 Å². The number of carbonyl (C=O) groups excluding carboxylic acids is 2. The van der Waals surface area contributed by atoms with E-state index in [1.165, 1.54) is 30.1 Å². The highest BCUT2D eigenvalue weighted by molar-refractivity contribution is 5.94. The Bertz CT molecular complexity index is 596. The number of aromatic nitrogens is 2. The third-order valence-electron chi connectivity index (χ3n) is 5.32. The summed E-state index contributed by atoms with van der Waals surface area (Å²) >= 11 is 0. The van der Waals surface area contributed by atoms with Crippen LogP contribution >= 0.6 is 0 Å². The number of likely N-dealkylation sites (tertiary alicyclic amines) is 1. The molecule has 2 unspecified atom stereocenters. The monoisotopic (exact) mass is 318 g/mol. The molecule has 0 radical (unpaired) electrons. The summed E-state index contributed by atoms with van der Waals surface area (Å²) in [6, 6.07) is -0.111. The number of ether oxygens (including phenoxy) is 1. The Balaban J connectivity index is 1.43. The SMILES string of the molecule is O=C(c1cnn(C(=O)N2CC3CCCC3C2)c1)N1CCOCC1. The molecular weight excluding hydrogens is 296 g/mol. The lowest BCUT2D eigenvalue weighted by molar-refractivity contribution is 0.0303. The average molecular weight is 318 g/mol. The Kier molecular flexibility index (Phi) is 3.80. The Morgan fingerprint density at radius 2 is 1.78 bits per heavy atom. The molecule has 0 N–H and O–H groups in total. The first kappa shape index (κ1) is 14.7. The van der Waals surface area contributed by atoms with Crippen LogP contribution in [0.4, 0.5) is 4.79 Å². The minimum Gasteiger partial charge on any atom is -0.378 e. The Hall–Kier alpha value is -1.89. The van der Waals surface area contributed by atoms with Crippen molar-refractivity contribution in [2.75, 3.05) is 39.4 Å². The third-order valence-corrected chi connectivity index (χ3v) is 5.32. The largest absolute Gasteiger partial charge is 0.378 e. The minimum atomic E-state index is -0.111. The summed E-state index contributed by atoms with van der Waals surface area (Å²) in [6.07, 6.45) is 6.81. The molecular formula is C16H22N4O3. The maximum absolute atomic E-state index is 12.6. The van der Waals surface area contributed by atoms with E-state index < -0.39 is 0 Å². The van der Waals surface area contributed by atoms with Gasteiger partial charge in [0.15, 0.2) is 0 Å². The molecule has 23 heavy (non-hydrogen) atoms. The second kappa shape index (κ2) is 5.96. The van der Waals surface area contributed by atoms with Gasteiger partial charge in [-0.2, -0.15) is 9.78 Å². The molecule has 3 heterocycles. The van der Waals surface area contributed by atoms with Gasteiger partial charge < -0.3 is 14.5 Å². The number of amides is 2. The molecule has 1 aromatic rings. The van der Waals surface area contributed by atoms with Crippen LogP contribution in [0, 0.1) is 11.8 Å². The normalized spacial score (nSPS) is 27.3. The molecule has 2 aliphatic heterocycles. The molecule has 1 aromatic heterocycles. The van der Waals surface area contributed by atoms with E-state index in [2.05, 4.69) is 5.10 Å². The molecule has 0 bridgehead atoms. The first-order valence-electron chi connectivity index (χ1n) is 8.43. The topological polar surface area (TPSA) is 67.7 Å². The smallest absolute Gasteiger partial charge is 0.344 e. The zero-order valence-electron chi connectivity index (χ0n) is 13.2. The van der Waals surface area contributed by atoms with Crippen LogP contribution in [0.15, 0.2) is 12.4 Å². The molecule has 2 atom stereocenters. The van der Waals surface area contributed by atoms with Crippen LogP contribution < -0.4 is 0 Å². The van der Waals surface area contributed by atoms with Crippen LogP contribution in [-0.4, -0.2) is 70.9 Å². The summed E-state index contributed by atoms with van der Waals surface area (Å²) in [5.41, 5.74) is 0.472. The molecule has 2 saturated heterocycles. The van der Waals surface area contributed by atoms with E-state index in [0.29, 0.717) is 43.7 Å². The lowest BCUT2D eigenvalue weighted by Gasteiger charge is -2.26. The zero-order chi connectivity index (χ0) is 15.8. The Labute approximate surface area is 135 Å². The van der Waals surface area contributed by atoms with Crippen LogP contribution in [0.1, 0.15) is 29.6 Å². The summed E-state index contributed by atoms with van der Waals surface area (Å²) in [6.45, 7) is 3.97. The molecule has 7 heteroatoms. The fraction of sp³-hybridized carbons (Fsp3) is 0.688. The summed E-state index contributed by atoms with van der Waals surface area (Å²) in [7, 11) is 0. The van der Waals surface area contributed by atoms with E-state index in [1.807, 2.05) is 4.90 Å². The van der Waals surface area contributed by atoms with Crippen molar-refractivity contribution in [2.24, 2.45) is 11.8 Å². The zero-order valence-corrected chi connectivity index (χ0v) is 13.2. The highest BCUT2D eigenvalue weighted by Crippen LogP contribution is 2.37. The molecule has 124 valence electrons. The van der Waals surface area contributed by atoms with Crippen molar-refractivity contribution in [3.8, 4) is 0 Å². The number of hydrogen-bond acceptors (Lipinski definition) is 4. The van der Waals surface area contributed by atoms with Gasteiger partial charge in [0.2, 0.25) is 0 Å². The van der Waals surface area contributed by atoms with Crippen LogP contribution in [0.5, 0.6) is 0 Å². The maximum Gasteiger partial charge on any atom is 0.344 e. The number of hydrogen-bond donors (Lipinski definition) is 0. The molecule has 1 saturated carbocycles. The fourth-order valence-corrected chi connectivity index (χ4v) is 4.02. The van der Waals surface area contributed by atoms with Crippen LogP contribution in [0.2, 0.25) is 0 Å². The quantitative estimate of drug-likeness (QED) is 0.776. The Morgan fingerprint density at radius 1 is 1.09 bits per heavy atom. The number of fused-ring (bicyclic) bond motifs is 1. The average Bonchev–Trinajstić information content (AvgIpc) is 3.29. The lowest BCUT2D eigenvalue weighted by atomic mass is 10.0. The number of carbonyl (C=O) groups is 2. The van der Waals surface area contributed by atoms with Crippen molar-refractivity contribution in [3.05, 3.63) is 18.0 Å². The number of nitrogens with zero attached hydrogens (tertiary/aromatic N) is 4. The molecule has 1 aliphatic carbocycles. The highest BCUT2D eigenvalue weighted by atomic mass is 16.5. The van der Waals surface area contributed by atoms with Crippen molar-refractivity contribution in [1.82, 2.24) is 19.6 Å². The predicted octanol–water partition coefficient (Wildman–Crippen LogP) is 1.06. The van der Waals surface area contributed by atoms with Gasteiger partial charge in [0.1, 0.15) is 0 Å². The summed E-state index contributed by atoms with van der Waals surface area (Å²) in [4.78, 5) is 28.6. The first-order valence-corrected chi connectivity index (χ1v) is 8.43. The molecule has 3 aliphatic rings. The molecule has 4 rings (SSSR count). The van der Waals surface area contributed by atoms with Crippen molar-refractivity contribution in [2.45, 2.75) is 19.3 Å². The van der Waals surface area contributed by atoms with Gasteiger partial charge in [0, 0.05) is 32.4 Å². The van der Waals surface area contributed by atoms with Gasteiger partial charge in [-0.3, -0.25) is 4.79 Å². The first-order chi connectivity index (χ1) is 11.2. The van der Waals surface area contributed by atoms with E-state index in [-0.39, 0.29) is 11.9 Å². The van der Waals surface area contributed by atoms with Crippen molar-refractivity contribution >= 4 is 11.9 Å². The van der Waals surface area contributed by atoms with E-state index >= 15 is 0 Å². The minimum absolute atomic E-state index is 0.0781. The molecule has 2 amide bonds. The summed E-state index contributed by atoms with van der Waals surface area (Å²) < 4.78 is 6.57. The van der Waals surface area contributed by atoms with Gasteiger partial charge >= 0.3 is 6.03 Å². The molecule has 0 aromatic carbocycles. The van der Waals surface area contributed by atoms with E-state index in [9.17, 15) is 9.59 Å². The maximum atomic E-state index is 12.6. The van der Waals surface area contributed by atoms with E-state index in [1.54, 1.807) is 11.1 Å². The standard InChI is InChI=1S/C16H22N4O3/c21-15(18-4-6-23-7-5-18)14-8-17-20(11-14)16(22)19-9-12-2-1-3-13(12)10-19/h8,11-13H,1-7,9-10H2. The van der Waals surface area contributed by atoms with Gasteiger partial charge in [-0.05, 0) is 24.7 Å². The molecule has 3 fully saturated rings. The summed E-state index contributed by atoms with van der Waals surface area (Å²) in [5, 5.41) is 4.12. The van der Waals surface area contributed by atoms with Crippen LogP contribution in [0.25, 0.3) is 0 Å². The van der Waals surface area contributed by atoms with Gasteiger partial charge in [-0.1, -0.05) is 6.42 Å². The van der Waals surface area contributed by atoms with Gasteiger partial charge in [0.25, 0.3) is 5.91 Å². The number of rotatable bonds is 1. The van der Waals surface area contributed by atoms with Crippen molar-refractivity contribution < 1.29 is 14.3 Å². The predicted molar refractivity (Wildman–Crippen MR) is 82.1 cm³/mol. The van der Waals surface area contributed by atoms with Gasteiger partial charge in [0.05, 0.1) is 25.0 Å². The van der Waals surface area contributed by atoms with Crippen molar-refractivity contribution in [1.29, 1.82) is 0 Å². The van der Waals surface area contributed by atoms with E-state index in [4.69, 9.17) is 4.74 Å². The summed E-state index contributed by atoms with van der Waals surface area (Å²) in [5.74, 6) is 1.23. The van der Waals surface area contributed by atoms with Gasteiger partial charge in [-0.15, -0.1) is 0 Å². The highest BCUT2D eigenvalue weighted by Gasteiger charge is 2.38. The lowest BCUT2D eigenvalue weighted by Crippen LogP contribution is -2.40. The van der Waals surface area contributed by atoms with Gasteiger partial charge in [-0.25, -0.2) is 4.79 Å². The second-order valence-corrected chi connectivity index (χ2v) is 6.72. The van der Waals surface area contributed by atoms with Crippen molar-refractivity contribution in [3.63, 3.8) is 0 Å². The number of morpholine rings is 1. The molecule has 7 nitrogen and oxygen atoms in total.